The van der Waals surface area contributed by atoms with E-state index in [1.807, 2.05) is 71.1 Å². The number of carboxylic acid groups (broad SMARTS) is 1. The van der Waals surface area contributed by atoms with Gasteiger partial charge in [-0.15, -0.1) is 0 Å². The van der Waals surface area contributed by atoms with Gasteiger partial charge in [0, 0.05) is 13.2 Å². The number of hydrogen-bond donors (Lipinski definition) is 1. The molecule has 0 radical (unpaired) electrons. The monoisotopic (exact) mass is 358 g/mol. The molecular weight excluding hydrogens is 340 g/mol. The maximum absolute atomic E-state index is 11.1. The van der Waals surface area contributed by atoms with Gasteiger partial charge < -0.3 is 9.67 Å². The minimum atomic E-state index is -0.932. The van der Waals surface area contributed by atoms with E-state index in [0.29, 0.717) is 6.54 Å². The van der Waals surface area contributed by atoms with Gasteiger partial charge in [0.25, 0.3) is 0 Å². The maximum atomic E-state index is 11.1. The summed E-state index contributed by atoms with van der Waals surface area (Å²) in [5.74, 6) is 0.619. The summed E-state index contributed by atoms with van der Waals surface area (Å²) >= 11 is 0. The number of para-hydroxylation sites is 2. The van der Waals surface area contributed by atoms with E-state index in [1.165, 1.54) is 0 Å². The third-order valence-corrected chi connectivity index (χ3v) is 4.47. The molecule has 6 nitrogen and oxygen atoms in total. The van der Waals surface area contributed by atoms with Crippen molar-refractivity contribution in [2.75, 3.05) is 4.90 Å². The Labute approximate surface area is 156 Å². The normalized spacial score (nSPS) is 10.9. The molecule has 0 aliphatic heterocycles. The van der Waals surface area contributed by atoms with Crippen LogP contribution in [0.1, 0.15) is 15.9 Å². The first kappa shape index (κ1) is 16.8. The molecule has 0 spiro atoms. The summed E-state index contributed by atoms with van der Waals surface area (Å²) in [5, 5.41) is 9.10. The largest absolute Gasteiger partial charge is 0.478 e. The van der Waals surface area contributed by atoms with Gasteiger partial charge in [0.2, 0.25) is 5.95 Å². The van der Waals surface area contributed by atoms with E-state index in [1.54, 1.807) is 18.3 Å². The smallest absolute Gasteiger partial charge is 0.335 e. The number of pyridine rings is 1. The van der Waals surface area contributed by atoms with Crippen molar-refractivity contribution in [2.45, 2.75) is 6.54 Å². The van der Waals surface area contributed by atoms with Gasteiger partial charge in [-0.1, -0.05) is 30.3 Å². The predicted molar refractivity (Wildman–Crippen MR) is 104 cm³/mol. The van der Waals surface area contributed by atoms with E-state index in [0.717, 1.165) is 28.4 Å². The lowest BCUT2D eigenvalue weighted by Crippen LogP contribution is -2.21. The van der Waals surface area contributed by atoms with Crippen LogP contribution in [0, 0.1) is 0 Å². The van der Waals surface area contributed by atoms with Gasteiger partial charge in [0.15, 0.2) is 0 Å². The number of aryl methyl sites for hydroxylation is 1. The van der Waals surface area contributed by atoms with E-state index in [4.69, 9.17) is 10.1 Å². The van der Waals surface area contributed by atoms with Crippen molar-refractivity contribution in [1.82, 2.24) is 14.5 Å². The Morgan fingerprint density at radius 3 is 2.44 bits per heavy atom. The quantitative estimate of drug-likeness (QED) is 0.584. The molecule has 134 valence electrons. The highest BCUT2D eigenvalue weighted by Crippen LogP contribution is 2.28. The Morgan fingerprint density at radius 1 is 1.04 bits per heavy atom. The molecular formula is C21H18N4O2. The number of nitrogens with zero attached hydrogens (tertiary/aromatic N) is 4. The Hall–Kier alpha value is -3.67. The van der Waals surface area contributed by atoms with Crippen LogP contribution in [-0.2, 0) is 13.6 Å². The van der Waals surface area contributed by atoms with Crippen molar-refractivity contribution < 1.29 is 9.90 Å². The standard InChI is InChI=1S/C21H18N4O2/c1-24-18-7-3-2-6-17(18)23-21(24)25(19-8-4-5-13-22-19)14-15-9-11-16(12-10-15)20(26)27/h2-13H,14H2,1H3,(H,26,27). The van der Waals surface area contributed by atoms with E-state index in [2.05, 4.69) is 4.98 Å². The molecule has 0 aliphatic rings. The third kappa shape index (κ3) is 3.25. The summed E-state index contributed by atoms with van der Waals surface area (Å²) < 4.78 is 2.04. The van der Waals surface area contributed by atoms with E-state index < -0.39 is 5.97 Å². The number of rotatable bonds is 5. The number of imidazole rings is 1. The molecule has 0 aliphatic carbocycles. The molecule has 0 fully saturated rings. The summed E-state index contributed by atoms with van der Waals surface area (Å²) in [7, 11) is 1.98. The topological polar surface area (TPSA) is 71.2 Å². The average molecular weight is 358 g/mol. The number of hydrogen-bond acceptors (Lipinski definition) is 4. The molecule has 2 aromatic carbocycles. The fourth-order valence-corrected chi connectivity index (χ4v) is 3.08. The first-order valence-electron chi connectivity index (χ1n) is 8.56. The minimum absolute atomic E-state index is 0.269. The molecule has 0 saturated heterocycles. The molecule has 27 heavy (non-hydrogen) atoms. The zero-order valence-electron chi connectivity index (χ0n) is 14.8. The maximum Gasteiger partial charge on any atom is 0.335 e. The molecule has 0 saturated carbocycles. The van der Waals surface area contributed by atoms with Crippen LogP contribution in [0.25, 0.3) is 11.0 Å². The number of benzene rings is 2. The van der Waals surface area contributed by atoms with Crippen molar-refractivity contribution in [2.24, 2.45) is 7.05 Å². The van der Waals surface area contributed by atoms with Gasteiger partial charge in [0.1, 0.15) is 5.82 Å². The zero-order chi connectivity index (χ0) is 18.8. The first-order chi connectivity index (χ1) is 13.1. The first-order valence-corrected chi connectivity index (χ1v) is 8.56. The van der Waals surface area contributed by atoms with E-state index in [9.17, 15) is 4.79 Å². The lowest BCUT2D eigenvalue weighted by Gasteiger charge is -2.23. The second-order valence-electron chi connectivity index (χ2n) is 6.24. The number of aromatic nitrogens is 3. The van der Waals surface area contributed by atoms with Gasteiger partial charge in [-0.05, 0) is 42.0 Å². The van der Waals surface area contributed by atoms with Crippen LogP contribution >= 0.6 is 0 Å². The van der Waals surface area contributed by atoms with E-state index in [-0.39, 0.29) is 5.56 Å². The van der Waals surface area contributed by atoms with Crippen molar-refractivity contribution in [3.05, 3.63) is 84.1 Å². The van der Waals surface area contributed by atoms with Crippen LogP contribution in [0.5, 0.6) is 0 Å². The van der Waals surface area contributed by atoms with Crippen LogP contribution < -0.4 is 4.90 Å². The molecule has 0 amide bonds. The number of anilines is 2. The van der Waals surface area contributed by atoms with E-state index >= 15 is 0 Å². The van der Waals surface area contributed by atoms with Gasteiger partial charge >= 0.3 is 5.97 Å². The molecule has 6 heteroatoms. The van der Waals surface area contributed by atoms with Gasteiger partial charge in [-0.2, -0.15) is 0 Å². The summed E-state index contributed by atoms with van der Waals surface area (Å²) in [6.07, 6.45) is 1.75. The molecule has 0 bridgehead atoms. The third-order valence-electron chi connectivity index (χ3n) is 4.47. The minimum Gasteiger partial charge on any atom is -0.478 e. The van der Waals surface area contributed by atoms with Crippen LogP contribution in [0.4, 0.5) is 11.8 Å². The number of fused-ring (bicyclic) bond motifs is 1. The molecule has 2 heterocycles. The number of carboxylic acids is 1. The molecule has 0 unspecified atom stereocenters. The van der Waals surface area contributed by atoms with Crippen molar-refractivity contribution in [3.8, 4) is 0 Å². The van der Waals surface area contributed by atoms with Gasteiger partial charge in [-0.25, -0.2) is 14.8 Å². The summed E-state index contributed by atoms with van der Waals surface area (Å²) in [5.41, 5.74) is 3.19. The fourth-order valence-electron chi connectivity index (χ4n) is 3.08. The lowest BCUT2D eigenvalue weighted by molar-refractivity contribution is 0.0697. The summed E-state index contributed by atoms with van der Waals surface area (Å²) in [6, 6.07) is 20.6. The molecule has 4 aromatic rings. The SMILES string of the molecule is Cn1c(N(Cc2ccc(C(=O)O)cc2)c2ccccn2)nc2ccccc21. The van der Waals surface area contributed by atoms with Crippen molar-refractivity contribution >= 4 is 28.8 Å². The Bertz CT molecular complexity index is 1090. The molecule has 0 atom stereocenters. The van der Waals surface area contributed by atoms with Gasteiger partial charge in [-0.3, -0.25) is 4.90 Å². The van der Waals surface area contributed by atoms with Crippen LogP contribution in [0.2, 0.25) is 0 Å². The second kappa shape index (κ2) is 6.92. The lowest BCUT2D eigenvalue weighted by atomic mass is 10.1. The second-order valence-corrected chi connectivity index (χ2v) is 6.24. The Morgan fingerprint density at radius 2 is 1.78 bits per heavy atom. The molecule has 2 aromatic heterocycles. The van der Waals surface area contributed by atoms with Gasteiger partial charge in [0.05, 0.1) is 23.1 Å². The average Bonchev–Trinajstić information content (AvgIpc) is 3.04. The highest BCUT2D eigenvalue weighted by molar-refractivity contribution is 5.87. The number of aromatic carboxylic acids is 1. The molecule has 4 rings (SSSR count). The fraction of sp³-hybridized carbons (Fsp3) is 0.0952. The predicted octanol–water partition coefficient (Wildman–Crippen LogP) is 4.00. The van der Waals surface area contributed by atoms with Crippen molar-refractivity contribution in [1.29, 1.82) is 0 Å². The molecule has 1 N–H and O–H groups in total. The Balaban J connectivity index is 1.77. The van der Waals surface area contributed by atoms with Crippen molar-refractivity contribution in [3.63, 3.8) is 0 Å². The van der Waals surface area contributed by atoms with Crippen LogP contribution in [-0.4, -0.2) is 25.6 Å². The highest BCUT2D eigenvalue weighted by Gasteiger charge is 2.18. The zero-order valence-corrected chi connectivity index (χ0v) is 14.8. The number of carbonyl (C=O) groups is 1. The summed E-state index contributed by atoms with van der Waals surface area (Å²) in [6.45, 7) is 0.522. The van der Waals surface area contributed by atoms with Crippen LogP contribution in [0.15, 0.2) is 72.9 Å². The highest BCUT2D eigenvalue weighted by atomic mass is 16.4. The van der Waals surface area contributed by atoms with Crippen LogP contribution in [0.3, 0.4) is 0 Å². The Kier molecular flexibility index (Phi) is 4.30. The summed E-state index contributed by atoms with van der Waals surface area (Å²) in [4.78, 5) is 22.4.